The molecule has 4 rings (SSSR count). The molecule has 0 spiro atoms. The molecule has 2 bridgehead atoms. The van der Waals surface area contributed by atoms with Crippen molar-refractivity contribution in [2.24, 2.45) is 0 Å². The number of ether oxygens (including phenoxy) is 2. The van der Waals surface area contributed by atoms with Crippen LogP contribution in [0.1, 0.15) is 31.9 Å². The van der Waals surface area contributed by atoms with Crippen LogP contribution < -0.4 is 15.4 Å². The molecule has 0 unspecified atom stereocenters. The number of allylic oxidation sites excluding steroid dienone is 4. The minimum atomic E-state index is -0.532. The molecular formula is C22H22ClFN4O4. The summed E-state index contributed by atoms with van der Waals surface area (Å²) < 4.78 is 23.5. The SMILES string of the molecule is C=C(/C=C\C(Cl)=C(/C)F)OCC(=O)NC12CC(NC(=O)COc3ccnc(C#N)c3)(C1)C2. The highest BCUT2D eigenvalue weighted by molar-refractivity contribution is 6.31. The van der Waals surface area contributed by atoms with E-state index in [2.05, 4.69) is 22.2 Å². The fourth-order valence-electron chi connectivity index (χ4n) is 3.92. The van der Waals surface area contributed by atoms with Gasteiger partial charge in [-0.2, -0.15) is 5.26 Å². The average molecular weight is 461 g/mol. The molecule has 0 aromatic carbocycles. The number of nitrogens with one attached hydrogen (secondary N) is 2. The Morgan fingerprint density at radius 1 is 1.28 bits per heavy atom. The molecule has 3 aliphatic carbocycles. The van der Waals surface area contributed by atoms with Gasteiger partial charge in [-0.3, -0.25) is 9.59 Å². The van der Waals surface area contributed by atoms with Crippen LogP contribution >= 0.6 is 11.6 Å². The van der Waals surface area contributed by atoms with Gasteiger partial charge in [-0.15, -0.1) is 0 Å². The first-order chi connectivity index (χ1) is 15.1. The molecule has 1 aromatic heterocycles. The van der Waals surface area contributed by atoms with Gasteiger partial charge >= 0.3 is 0 Å². The van der Waals surface area contributed by atoms with E-state index in [1.807, 2.05) is 6.07 Å². The maximum absolute atomic E-state index is 12.9. The predicted octanol–water partition coefficient (Wildman–Crippen LogP) is 2.77. The molecule has 2 N–H and O–H groups in total. The molecule has 2 amide bonds. The van der Waals surface area contributed by atoms with Gasteiger partial charge in [0, 0.05) is 23.3 Å². The Kier molecular flexibility index (Phi) is 6.84. The number of amides is 2. The lowest BCUT2D eigenvalue weighted by molar-refractivity contribution is -0.152. The van der Waals surface area contributed by atoms with E-state index in [9.17, 15) is 14.0 Å². The van der Waals surface area contributed by atoms with Crippen LogP contribution in [0.2, 0.25) is 0 Å². The highest BCUT2D eigenvalue weighted by Crippen LogP contribution is 2.60. The Labute approximate surface area is 189 Å². The summed E-state index contributed by atoms with van der Waals surface area (Å²) in [7, 11) is 0. The summed E-state index contributed by atoms with van der Waals surface area (Å²) in [5.74, 6) is -0.547. The predicted molar refractivity (Wildman–Crippen MR) is 114 cm³/mol. The smallest absolute Gasteiger partial charge is 0.258 e. The lowest BCUT2D eigenvalue weighted by Gasteiger charge is -2.70. The molecule has 168 valence electrons. The van der Waals surface area contributed by atoms with E-state index in [-0.39, 0.29) is 52.6 Å². The van der Waals surface area contributed by atoms with Crippen molar-refractivity contribution in [3.63, 3.8) is 0 Å². The van der Waals surface area contributed by atoms with Crippen LogP contribution in [0.15, 0.2) is 53.7 Å². The number of aromatic nitrogens is 1. The molecular weight excluding hydrogens is 439 g/mol. The third kappa shape index (κ3) is 5.65. The minimum absolute atomic E-state index is 0.0708. The van der Waals surface area contributed by atoms with Gasteiger partial charge in [-0.25, -0.2) is 9.37 Å². The number of hydrogen-bond acceptors (Lipinski definition) is 6. The van der Waals surface area contributed by atoms with Crippen molar-refractivity contribution in [3.05, 3.63) is 59.4 Å². The molecule has 3 aliphatic rings. The zero-order valence-electron chi connectivity index (χ0n) is 17.4. The second-order valence-corrected chi connectivity index (χ2v) is 8.34. The highest BCUT2D eigenvalue weighted by atomic mass is 35.5. The fourth-order valence-corrected chi connectivity index (χ4v) is 3.98. The van der Waals surface area contributed by atoms with Crippen LogP contribution in [-0.2, 0) is 14.3 Å². The first-order valence-electron chi connectivity index (χ1n) is 9.77. The molecule has 0 radical (unpaired) electrons. The van der Waals surface area contributed by atoms with Crippen LogP contribution in [0.25, 0.3) is 0 Å². The van der Waals surface area contributed by atoms with E-state index in [1.54, 1.807) is 6.07 Å². The molecule has 3 saturated carbocycles. The number of carbonyl (C=O) groups excluding carboxylic acids is 2. The quantitative estimate of drug-likeness (QED) is 0.410. The highest BCUT2D eigenvalue weighted by Gasteiger charge is 2.69. The minimum Gasteiger partial charge on any atom is -0.484 e. The Morgan fingerprint density at radius 2 is 1.91 bits per heavy atom. The molecule has 0 saturated heterocycles. The molecule has 1 aromatic rings. The number of nitriles is 1. The second kappa shape index (κ2) is 9.40. The Hall–Kier alpha value is -3.38. The summed E-state index contributed by atoms with van der Waals surface area (Å²) in [6.07, 6.45) is 5.99. The van der Waals surface area contributed by atoms with E-state index in [4.69, 9.17) is 26.3 Å². The van der Waals surface area contributed by atoms with E-state index in [0.29, 0.717) is 25.0 Å². The zero-order chi connectivity index (χ0) is 23.4. The van der Waals surface area contributed by atoms with Crippen molar-refractivity contribution in [2.45, 2.75) is 37.3 Å². The lowest BCUT2D eigenvalue weighted by Crippen LogP contribution is -2.84. The van der Waals surface area contributed by atoms with E-state index < -0.39 is 5.83 Å². The maximum Gasteiger partial charge on any atom is 0.258 e. The van der Waals surface area contributed by atoms with Crippen LogP contribution in [0.4, 0.5) is 4.39 Å². The molecule has 10 heteroatoms. The fraction of sp³-hybridized carbons (Fsp3) is 0.364. The third-order valence-electron chi connectivity index (χ3n) is 5.19. The number of pyridine rings is 1. The van der Waals surface area contributed by atoms with Crippen molar-refractivity contribution in [1.29, 1.82) is 5.26 Å². The second-order valence-electron chi connectivity index (χ2n) is 7.93. The first-order valence-corrected chi connectivity index (χ1v) is 10.1. The van der Waals surface area contributed by atoms with Crippen molar-refractivity contribution in [3.8, 4) is 11.8 Å². The van der Waals surface area contributed by atoms with Gasteiger partial charge in [0.1, 0.15) is 29.1 Å². The Balaban J connectivity index is 1.35. The molecule has 0 aliphatic heterocycles. The van der Waals surface area contributed by atoms with Crippen LogP contribution in [-0.4, -0.2) is 41.1 Å². The van der Waals surface area contributed by atoms with Crippen LogP contribution in [0, 0.1) is 11.3 Å². The molecule has 1 heterocycles. The first kappa shape index (κ1) is 23.3. The molecule has 32 heavy (non-hydrogen) atoms. The maximum atomic E-state index is 12.9. The zero-order valence-corrected chi connectivity index (χ0v) is 18.2. The number of rotatable bonds is 10. The van der Waals surface area contributed by atoms with E-state index in [0.717, 1.165) is 0 Å². The number of hydrogen-bond donors (Lipinski definition) is 2. The summed E-state index contributed by atoms with van der Waals surface area (Å²) in [5, 5.41) is 14.6. The molecule has 8 nitrogen and oxygen atoms in total. The van der Waals surface area contributed by atoms with Gasteiger partial charge in [-0.1, -0.05) is 18.2 Å². The summed E-state index contributed by atoms with van der Waals surface area (Å²) in [6, 6.07) is 4.93. The standard InChI is InChI=1S/C22H22ClFN4O4/c1-14(3-4-18(23)15(2)24)31-9-19(29)27-21-11-22(12-21,13-21)28-20(30)10-32-17-5-6-26-16(7-17)8-25/h3-7H,1,9-13H2,2H3,(H,27,29)(H,28,30)/b4-3-,18-15-. The summed E-state index contributed by atoms with van der Waals surface area (Å²) in [6.45, 7) is 4.43. The average Bonchev–Trinajstić information content (AvgIpc) is 2.72. The van der Waals surface area contributed by atoms with Gasteiger partial charge in [0.05, 0.1) is 5.03 Å². The largest absolute Gasteiger partial charge is 0.484 e. The summed E-state index contributed by atoms with van der Waals surface area (Å²) in [4.78, 5) is 28.2. The van der Waals surface area contributed by atoms with E-state index in [1.165, 1.54) is 31.3 Å². The van der Waals surface area contributed by atoms with Crippen LogP contribution in [0.3, 0.4) is 0 Å². The normalized spacial score (nSPS) is 23.7. The molecule has 0 atom stereocenters. The van der Waals surface area contributed by atoms with Gasteiger partial charge in [0.2, 0.25) is 0 Å². The summed E-state index contributed by atoms with van der Waals surface area (Å²) in [5.41, 5.74) is -0.459. The summed E-state index contributed by atoms with van der Waals surface area (Å²) >= 11 is 5.64. The van der Waals surface area contributed by atoms with E-state index >= 15 is 0 Å². The van der Waals surface area contributed by atoms with Gasteiger partial charge in [0.15, 0.2) is 13.2 Å². The van der Waals surface area contributed by atoms with Gasteiger partial charge in [0.25, 0.3) is 11.8 Å². The van der Waals surface area contributed by atoms with Gasteiger partial charge < -0.3 is 20.1 Å². The lowest BCUT2D eigenvalue weighted by atomic mass is 9.44. The number of nitrogens with zero attached hydrogens (tertiary/aromatic N) is 2. The Morgan fingerprint density at radius 3 is 2.50 bits per heavy atom. The third-order valence-corrected chi connectivity index (χ3v) is 5.58. The topological polar surface area (TPSA) is 113 Å². The molecule has 3 fully saturated rings. The Bertz CT molecular complexity index is 1020. The monoisotopic (exact) mass is 460 g/mol. The van der Waals surface area contributed by atoms with Crippen LogP contribution in [0.5, 0.6) is 5.75 Å². The number of carbonyl (C=O) groups is 2. The van der Waals surface area contributed by atoms with Gasteiger partial charge in [-0.05, 0) is 44.4 Å². The van der Waals surface area contributed by atoms with Crippen molar-refractivity contribution < 1.29 is 23.5 Å². The van der Waals surface area contributed by atoms with Crippen molar-refractivity contribution >= 4 is 23.4 Å². The number of halogens is 2. The van der Waals surface area contributed by atoms with Crippen molar-refractivity contribution in [1.82, 2.24) is 15.6 Å². The van der Waals surface area contributed by atoms with Crippen molar-refractivity contribution in [2.75, 3.05) is 13.2 Å².